The molecule has 2 aromatic carbocycles. The summed E-state index contributed by atoms with van der Waals surface area (Å²) in [5, 5.41) is 13.1. The van der Waals surface area contributed by atoms with Crippen LogP contribution in [-0.2, 0) is 15.8 Å². The highest BCUT2D eigenvalue weighted by Crippen LogP contribution is 2.47. The van der Waals surface area contributed by atoms with Gasteiger partial charge in [0.05, 0.1) is 12.2 Å². The van der Waals surface area contributed by atoms with Crippen LogP contribution in [-0.4, -0.2) is 52.6 Å². The molecule has 1 unspecified atom stereocenters. The van der Waals surface area contributed by atoms with E-state index in [2.05, 4.69) is 14.7 Å². The van der Waals surface area contributed by atoms with Gasteiger partial charge in [0.2, 0.25) is 11.5 Å². The van der Waals surface area contributed by atoms with E-state index in [9.17, 15) is 45.4 Å². The molecule has 9 nitrogen and oxygen atoms in total. The van der Waals surface area contributed by atoms with Gasteiger partial charge in [0.15, 0.2) is 5.75 Å². The Labute approximate surface area is 255 Å². The summed E-state index contributed by atoms with van der Waals surface area (Å²) in [4.78, 5) is 33.4. The first kappa shape index (κ1) is 32.4. The number of carbonyl (C=O) groups excluding carboxylic acids is 2. The molecule has 46 heavy (non-hydrogen) atoms. The summed E-state index contributed by atoms with van der Waals surface area (Å²) in [7, 11) is 0. The van der Waals surface area contributed by atoms with Crippen LogP contribution in [0.3, 0.4) is 0 Å². The van der Waals surface area contributed by atoms with Crippen molar-refractivity contribution < 1.29 is 54.9 Å². The number of ether oxygens (including phenoxy) is 2. The molecule has 2 aromatic heterocycles. The lowest BCUT2D eigenvalue weighted by Gasteiger charge is -2.31. The average molecular weight is 653 g/mol. The van der Waals surface area contributed by atoms with Gasteiger partial charge in [-0.2, -0.15) is 13.2 Å². The van der Waals surface area contributed by atoms with Gasteiger partial charge in [0.1, 0.15) is 34.8 Å². The number of nitrogens with two attached hydrogens (primary N) is 1. The summed E-state index contributed by atoms with van der Waals surface area (Å²) in [6.07, 6.45) is -9.44. The van der Waals surface area contributed by atoms with E-state index in [4.69, 9.17) is 10.5 Å². The molecule has 4 N–H and O–H groups in total. The van der Waals surface area contributed by atoms with E-state index in [-0.39, 0.29) is 40.1 Å². The normalized spacial score (nSPS) is 17.6. The number of hydrogen-bond donors (Lipinski definition) is 3. The summed E-state index contributed by atoms with van der Waals surface area (Å²) in [6, 6.07) is 8.30. The number of benzene rings is 2. The SMILES string of the molecule is Cc1cnc2c(OC(F)(F)F)cc(C(=O)NCC(O)(c3cc4c(c(-c5ccc(F)cc5)n3)OC[C@]4(C)C(N)=O)C(F)(F)F)cc2c1. The Hall–Kier alpha value is -4.99. The molecule has 242 valence electrons. The van der Waals surface area contributed by atoms with E-state index in [1.165, 1.54) is 31.3 Å². The summed E-state index contributed by atoms with van der Waals surface area (Å²) in [6.45, 7) is 0.935. The number of fused-ring (bicyclic) bond motifs is 2. The monoisotopic (exact) mass is 652 g/mol. The van der Waals surface area contributed by atoms with Gasteiger partial charge in [0.25, 0.3) is 5.91 Å². The molecule has 0 radical (unpaired) electrons. The third-order valence-corrected chi connectivity index (χ3v) is 7.50. The minimum atomic E-state index is -5.51. The maximum absolute atomic E-state index is 14.7. The molecule has 0 saturated carbocycles. The Balaban J connectivity index is 1.59. The first-order valence-electron chi connectivity index (χ1n) is 13.3. The standard InChI is InChI=1S/C30H23F7N4O5/c1-14-7-16-8-17(9-20(22(16)39-11-14)46-30(35,36)37)25(42)40-12-28(44,29(32,33)34)21-10-19-24(45-13-27(19,2)26(38)43)23(41-21)15-3-5-18(31)6-4-15/h3-11,44H,12-13H2,1-2H3,(H2,38,43)(H,40,42)/t27-,28?/m0/s1. The molecule has 0 fully saturated rings. The number of nitrogens with zero attached hydrogens (tertiary/aromatic N) is 2. The summed E-state index contributed by atoms with van der Waals surface area (Å²) < 4.78 is 107. The third kappa shape index (κ3) is 5.87. The second-order valence-electron chi connectivity index (χ2n) is 10.9. The highest BCUT2D eigenvalue weighted by Gasteiger charge is 2.57. The van der Waals surface area contributed by atoms with Gasteiger partial charge in [-0.1, -0.05) is 0 Å². The molecule has 4 aromatic rings. The molecule has 1 aliphatic heterocycles. The topological polar surface area (TPSA) is 137 Å². The van der Waals surface area contributed by atoms with Crippen molar-refractivity contribution in [1.29, 1.82) is 0 Å². The maximum Gasteiger partial charge on any atom is 0.573 e. The van der Waals surface area contributed by atoms with Crippen LogP contribution in [0.5, 0.6) is 11.5 Å². The van der Waals surface area contributed by atoms with Crippen molar-refractivity contribution in [3.63, 3.8) is 0 Å². The van der Waals surface area contributed by atoms with Crippen LogP contribution in [0.2, 0.25) is 0 Å². The van der Waals surface area contributed by atoms with Crippen LogP contribution in [0.25, 0.3) is 22.2 Å². The van der Waals surface area contributed by atoms with Crippen molar-refractivity contribution in [3.8, 4) is 22.8 Å². The maximum atomic E-state index is 14.7. The van der Waals surface area contributed by atoms with Gasteiger partial charge in [0, 0.05) is 28.3 Å². The number of primary amides is 1. The molecule has 5 rings (SSSR count). The highest BCUT2D eigenvalue weighted by atomic mass is 19.4. The van der Waals surface area contributed by atoms with Crippen molar-refractivity contribution in [2.45, 2.75) is 37.4 Å². The zero-order valence-electron chi connectivity index (χ0n) is 23.8. The minimum Gasteiger partial charge on any atom is -0.489 e. The lowest BCUT2D eigenvalue weighted by molar-refractivity contribution is -0.274. The Morgan fingerprint density at radius 1 is 1.09 bits per heavy atom. The number of nitrogens with one attached hydrogen (secondary N) is 1. The van der Waals surface area contributed by atoms with Crippen molar-refractivity contribution >= 4 is 22.7 Å². The zero-order valence-corrected chi connectivity index (χ0v) is 23.8. The summed E-state index contributed by atoms with van der Waals surface area (Å²) in [5.74, 6) is -3.94. The van der Waals surface area contributed by atoms with E-state index in [0.717, 1.165) is 24.3 Å². The van der Waals surface area contributed by atoms with Gasteiger partial charge in [-0.25, -0.2) is 9.37 Å². The van der Waals surface area contributed by atoms with Crippen LogP contribution in [0.4, 0.5) is 30.7 Å². The first-order chi connectivity index (χ1) is 21.3. The molecular formula is C30H23F7N4O5. The number of hydrogen-bond acceptors (Lipinski definition) is 7. The number of amides is 2. The molecule has 2 amide bonds. The molecule has 0 bridgehead atoms. The van der Waals surface area contributed by atoms with Gasteiger partial charge < -0.3 is 25.6 Å². The number of aryl methyl sites for hydroxylation is 1. The van der Waals surface area contributed by atoms with Gasteiger partial charge in [-0.15, -0.1) is 13.2 Å². The fourth-order valence-electron chi connectivity index (χ4n) is 4.91. The van der Waals surface area contributed by atoms with Gasteiger partial charge >= 0.3 is 12.5 Å². The molecule has 1 aliphatic rings. The number of rotatable bonds is 7. The number of halogens is 7. The first-order valence-corrected chi connectivity index (χ1v) is 13.3. The lowest BCUT2D eigenvalue weighted by Crippen LogP contribution is -2.51. The highest BCUT2D eigenvalue weighted by molar-refractivity contribution is 6.00. The van der Waals surface area contributed by atoms with E-state index >= 15 is 0 Å². The number of carbonyl (C=O) groups is 2. The number of aromatic nitrogens is 2. The summed E-state index contributed by atoms with van der Waals surface area (Å²) >= 11 is 0. The number of pyridine rings is 2. The van der Waals surface area contributed by atoms with Crippen molar-refractivity contribution in [2.75, 3.05) is 13.2 Å². The molecule has 0 saturated heterocycles. The van der Waals surface area contributed by atoms with Crippen LogP contribution in [0.1, 0.15) is 34.1 Å². The smallest absolute Gasteiger partial charge is 0.489 e. The zero-order chi connectivity index (χ0) is 33.8. The Morgan fingerprint density at radius 2 is 1.76 bits per heavy atom. The van der Waals surface area contributed by atoms with Crippen molar-refractivity contribution in [2.24, 2.45) is 5.73 Å². The van der Waals surface area contributed by atoms with Crippen molar-refractivity contribution in [1.82, 2.24) is 15.3 Å². The largest absolute Gasteiger partial charge is 0.573 e. The van der Waals surface area contributed by atoms with E-state index < -0.39 is 64.7 Å². The molecule has 2 atom stereocenters. The second kappa shape index (κ2) is 11.1. The summed E-state index contributed by atoms with van der Waals surface area (Å²) in [5.41, 5.74) is -1.77. The molecular weight excluding hydrogens is 629 g/mol. The Bertz CT molecular complexity index is 1860. The average Bonchev–Trinajstić information content (AvgIpc) is 3.31. The predicted molar refractivity (Wildman–Crippen MR) is 147 cm³/mol. The third-order valence-electron chi connectivity index (χ3n) is 7.50. The molecule has 0 spiro atoms. The fraction of sp³-hybridized carbons (Fsp3) is 0.267. The number of alkyl halides is 6. The quantitative estimate of drug-likeness (QED) is 0.240. The van der Waals surface area contributed by atoms with Crippen LogP contribution < -0.4 is 20.5 Å². The van der Waals surface area contributed by atoms with E-state index in [0.29, 0.717) is 11.6 Å². The second-order valence-corrected chi connectivity index (χ2v) is 10.9. The van der Waals surface area contributed by atoms with Crippen LogP contribution in [0, 0.1) is 12.7 Å². The predicted octanol–water partition coefficient (Wildman–Crippen LogP) is 4.96. The number of aliphatic hydroxyl groups is 1. The van der Waals surface area contributed by atoms with Crippen LogP contribution >= 0.6 is 0 Å². The minimum absolute atomic E-state index is 0.0212. The Kier molecular flexibility index (Phi) is 7.83. The molecule has 0 aliphatic carbocycles. The molecule has 3 heterocycles. The van der Waals surface area contributed by atoms with Gasteiger partial charge in [-0.05, 0) is 67.9 Å². The van der Waals surface area contributed by atoms with Gasteiger partial charge in [-0.3, -0.25) is 14.6 Å². The molecule has 16 heteroatoms. The fourth-order valence-corrected chi connectivity index (χ4v) is 4.91. The van der Waals surface area contributed by atoms with E-state index in [1.54, 1.807) is 6.92 Å². The van der Waals surface area contributed by atoms with Crippen LogP contribution in [0.15, 0.2) is 54.7 Å². The Morgan fingerprint density at radius 3 is 2.37 bits per heavy atom. The lowest BCUT2D eigenvalue weighted by atomic mass is 9.81. The van der Waals surface area contributed by atoms with E-state index in [1.807, 2.05) is 5.32 Å². The van der Waals surface area contributed by atoms with Crippen molar-refractivity contribution in [3.05, 3.63) is 82.9 Å².